The van der Waals surface area contributed by atoms with Crippen LogP contribution in [-0.4, -0.2) is 12.1 Å². The summed E-state index contributed by atoms with van der Waals surface area (Å²) >= 11 is 0. The molecule has 2 nitrogen and oxygen atoms in total. The van der Waals surface area contributed by atoms with Crippen LogP contribution in [0.5, 0.6) is 0 Å². The number of hydrogen-bond acceptors (Lipinski definition) is 2. The monoisotopic (exact) mass is 300 g/mol. The molecule has 2 bridgehead atoms. The Hall–Kier alpha value is -1.57. The highest BCUT2D eigenvalue weighted by atomic mass is 16.5. The second-order valence-electron chi connectivity index (χ2n) is 6.88. The van der Waals surface area contributed by atoms with Crippen LogP contribution >= 0.6 is 0 Å². The van der Waals surface area contributed by atoms with Gasteiger partial charge in [0.25, 0.3) is 0 Å². The summed E-state index contributed by atoms with van der Waals surface area (Å²) in [6, 6.07) is 0. The molecule has 0 N–H and O–H groups in total. The first kappa shape index (κ1) is 16.8. The quantitative estimate of drug-likeness (QED) is 0.495. The normalized spacial score (nSPS) is 27.0. The molecule has 0 aromatic heterocycles. The van der Waals surface area contributed by atoms with E-state index in [1.54, 1.807) is 0 Å². The number of esters is 1. The summed E-state index contributed by atoms with van der Waals surface area (Å²) in [5, 5.41) is 0. The van der Waals surface area contributed by atoms with Gasteiger partial charge in [-0.05, 0) is 51.0 Å². The second kappa shape index (κ2) is 7.62. The van der Waals surface area contributed by atoms with E-state index in [4.69, 9.17) is 4.74 Å². The zero-order valence-corrected chi connectivity index (χ0v) is 14.3. The molecule has 120 valence electrons. The molecule has 2 rings (SSSR count). The van der Waals surface area contributed by atoms with Gasteiger partial charge < -0.3 is 4.74 Å². The lowest BCUT2D eigenvalue weighted by Gasteiger charge is -2.16. The minimum atomic E-state index is -0.117. The maximum Gasteiger partial charge on any atom is 0.334 e. The smallest absolute Gasteiger partial charge is 0.334 e. The first-order chi connectivity index (χ1) is 10.5. The van der Waals surface area contributed by atoms with Crippen molar-refractivity contribution >= 4 is 5.97 Å². The molecule has 0 radical (unpaired) electrons. The molecule has 0 fully saturated rings. The van der Waals surface area contributed by atoms with Gasteiger partial charge in [0.05, 0.1) is 0 Å². The van der Waals surface area contributed by atoms with E-state index < -0.39 is 0 Å². The first-order valence-corrected chi connectivity index (χ1v) is 8.38. The van der Waals surface area contributed by atoms with Gasteiger partial charge in [0.15, 0.2) is 0 Å². The number of rotatable bonds is 1. The van der Waals surface area contributed by atoms with Crippen LogP contribution in [0, 0.1) is 11.8 Å². The fourth-order valence-electron chi connectivity index (χ4n) is 2.99. The minimum Gasteiger partial charge on any atom is -0.454 e. The van der Waals surface area contributed by atoms with Crippen molar-refractivity contribution < 1.29 is 9.53 Å². The summed E-state index contributed by atoms with van der Waals surface area (Å²) in [7, 11) is 0. The maximum atomic E-state index is 12.0. The molecule has 1 heterocycles. The summed E-state index contributed by atoms with van der Waals surface area (Å²) in [4.78, 5) is 12.0. The van der Waals surface area contributed by atoms with Crippen molar-refractivity contribution in [1.29, 1.82) is 0 Å². The second-order valence-corrected chi connectivity index (χ2v) is 6.88. The fourth-order valence-corrected chi connectivity index (χ4v) is 2.99. The predicted molar refractivity (Wildman–Crippen MR) is 91.4 cm³/mol. The zero-order valence-electron chi connectivity index (χ0n) is 14.3. The molecule has 0 aromatic rings. The Morgan fingerprint density at radius 1 is 1.23 bits per heavy atom. The van der Waals surface area contributed by atoms with Gasteiger partial charge in [-0.1, -0.05) is 49.3 Å². The van der Waals surface area contributed by atoms with Gasteiger partial charge in [-0.2, -0.15) is 0 Å². The summed E-state index contributed by atoms with van der Waals surface area (Å²) in [5.74, 6) is 0.956. The summed E-state index contributed by atoms with van der Waals surface area (Å²) in [6.07, 6.45) is 14.5. The summed E-state index contributed by atoms with van der Waals surface area (Å²) < 4.78 is 5.48. The van der Waals surface area contributed by atoms with Crippen molar-refractivity contribution in [2.75, 3.05) is 0 Å². The van der Waals surface area contributed by atoms with Gasteiger partial charge in [-0.3, -0.25) is 0 Å². The maximum absolute atomic E-state index is 12.0. The Labute approximate surface area is 134 Å². The van der Waals surface area contributed by atoms with Crippen molar-refractivity contribution in [3.8, 4) is 0 Å². The molecule has 1 aliphatic heterocycles. The third kappa shape index (κ3) is 4.72. The highest BCUT2D eigenvalue weighted by Gasteiger charge is 2.26. The van der Waals surface area contributed by atoms with Gasteiger partial charge in [-0.25, -0.2) is 4.79 Å². The molecule has 0 aromatic carbocycles. The van der Waals surface area contributed by atoms with Crippen molar-refractivity contribution in [3.63, 3.8) is 0 Å². The highest BCUT2D eigenvalue weighted by Crippen LogP contribution is 2.27. The van der Waals surface area contributed by atoms with E-state index >= 15 is 0 Å². The van der Waals surface area contributed by atoms with Crippen molar-refractivity contribution in [1.82, 2.24) is 0 Å². The molecule has 0 saturated carbocycles. The molecule has 0 spiro atoms. The molecule has 0 saturated heterocycles. The van der Waals surface area contributed by atoms with E-state index in [1.807, 2.05) is 6.08 Å². The van der Waals surface area contributed by atoms with E-state index in [-0.39, 0.29) is 12.1 Å². The van der Waals surface area contributed by atoms with Gasteiger partial charge in [0, 0.05) is 12.0 Å². The summed E-state index contributed by atoms with van der Waals surface area (Å²) in [6.45, 7) is 8.75. The van der Waals surface area contributed by atoms with E-state index in [0.29, 0.717) is 11.8 Å². The fraction of sp³-hybridized carbons (Fsp3) is 0.550. The Morgan fingerprint density at radius 2 is 2.00 bits per heavy atom. The molecule has 2 atom stereocenters. The number of allylic oxidation sites excluding steroid dienone is 5. The number of fused-ring (bicyclic) bond motifs is 1. The van der Waals surface area contributed by atoms with E-state index in [9.17, 15) is 4.79 Å². The highest BCUT2D eigenvalue weighted by molar-refractivity contribution is 5.90. The number of hydrogen-bond donors (Lipinski definition) is 0. The Kier molecular flexibility index (Phi) is 5.82. The molecule has 0 amide bonds. The number of ether oxygens (including phenoxy) is 1. The van der Waals surface area contributed by atoms with E-state index in [1.165, 1.54) is 11.1 Å². The van der Waals surface area contributed by atoms with Crippen LogP contribution < -0.4 is 0 Å². The van der Waals surface area contributed by atoms with Crippen LogP contribution in [0.15, 0.2) is 47.1 Å². The SMILES string of the molecule is CC1=CCC=C(C)C[C@H]2C=C(CC[C@@H](C(C)C)C=C1)C(=O)O2. The lowest BCUT2D eigenvalue weighted by Crippen LogP contribution is -2.10. The third-order valence-corrected chi connectivity index (χ3v) is 4.55. The molecule has 2 aliphatic rings. The Morgan fingerprint density at radius 3 is 2.73 bits per heavy atom. The molecule has 1 aliphatic carbocycles. The zero-order chi connectivity index (χ0) is 16.1. The Balaban J connectivity index is 2.22. The largest absolute Gasteiger partial charge is 0.454 e. The molecule has 22 heavy (non-hydrogen) atoms. The number of carbonyl (C=O) groups is 1. The summed E-state index contributed by atoms with van der Waals surface area (Å²) in [5.41, 5.74) is 3.45. The van der Waals surface area contributed by atoms with Crippen LogP contribution in [0.25, 0.3) is 0 Å². The van der Waals surface area contributed by atoms with E-state index in [0.717, 1.165) is 31.3 Å². The van der Waals surface area contributed by atoms with Crippen molar-refractivity contribution in [2.45, 2.75) is 59.5 Å². The van der Waals surface area contributed by atoms with E-state index in [2.05, 4.69) is 52.0 Å². The van der Waals surface area contributed by atoms with Gasteiger partial charge in [0.1, 0.15) is 6.10 Å². The lowest BCUT2D eigenvalue weighted by molar-refractivity contribution is -0.139. The standard InChI is InChI=1S/C20H28O2/c1-14(2)17-9-8-15(3)6-5-7-16(4)12-19-13-18(11-10-17)20(21)22-19/h6-9,13-14,17,19H,5,10-12H2,1-4H3/t17-,19-/m0/s1. The average Bonchev–Trinajstić information content (AvgIpc) is 2.77. The lowest BCUT2D eigenvalue weighted by atomic mass is 9.88. The first-order valence-electron chi connectivity index (χ1n) is 8.38. The van der Waals surface area contributed by atoms with Crippen LogP contribution in [0.1, 0.15) is 53.4 Å². The van der Waals surface area contributed by atoms with Crippen LogP contribution in [0.2, 0.25) is 0 Å². The third-order valence-electron chi connectivity index (χ3n) is 4.55. The molecular formula is C20H28O2. The number of carbonyl (C=O) groups excluding carboxylic acids is 1. The van der Waals surface area contributed by atoms with Crippen molar-refractivity contribution in [3.05, 3.63) is 47.1 Å². The average molecular weight is 300 g/mol. The van der Waals surface area contributed by atoms with Gasteiger partial charge in [0.2, 0.25) is 0 Å². The van der Waals surface area contributed by atoms with Gasteiger partial charge >= 0.3 is 5.97 Å². The topological polar surface area (TPSA) is 26.3 Å². The Bertz CT molecular complexity index is 532. The molecular weight excluding hydrogens is 272 g/mol. The molecule has 0 unspecified atom stereocenters. The predicted octanol–water partition coefficient (Wildman–Crippen LogP) is 5.13. The van der Waals surface area contributed by atoms with Crippen LogP contribution in [0.3, 0.4) is 0 Å². The minimum absolute atomic E-state index is 0.0696. The van der Waals surface area contributed by atoms with Crippen molar-refractivity contribution in [2.24, 2.45) is 11.8 Å². The van der Waals surface area contributed by atoms with Crippen LogP contribution in [0.4, 0.5) is 0 Å². The van der Waals surface area contributed by atoms with Crippen LogP contribution in [-0.2, 0) is 9.53 Å². The molecule has 2 heteroatoms. The van der Waals surface area contributed by atoms with Gasteiger partial charge in [-0.15, -0.1) is 0 Å².